The summed E-state index contributed by atoms with van der Waals surface area (Å²) < 4.78 is 0. The minimum absolute atomic E-state index is 0.675. The second-order valence-corrected chi connectivity index (χ2v) is 2.79. The molecule has 0 fully saturated rings. The zero-order valence-electron chi connectivity index (χ0n) is 9.06. The number of hydrogen-bond donors (Lipinski definition) is 1. The molecule has 15 heavy (non-hydrogen) atoms. The van der Waals surface area contributed by atoms with Crippen molar-refractivity contribution in [3.63, 3.8) is 0 Å². The van der Waals surface area contributed by atoms with E-state index >= 15 is 0 Å². The highest BCUT2D eigenvalue weighted by molar-refractivity contribution is 5.53. The molecule has 0 aliphatic carbocycles. The average Bonchev–Trinajstić information content (AvgIpc) is 2.26. The summed E-state index contributed by atoms with van der Waals surface area (Å²) in [7, 11) is 1.81. The summed E-state index contributed by atoms with van der Waals surface area (Å²) >= 11 is 0. The van der Waals surface area contributed by atoms with Crippen LogP contribution in [-0.2, 0) is 4.84 Å². The van der Waals surface area contributed by atoms with Gasteiger partial charge in [0.25, 0.3) is 0 Å². The zero-order valence-corrected chi connectivity index (χ0v) is 9.06. The first-order valence-corrected chi connectivity index (χ1v) is 4.59. The lowest BCUT2D eigenvalue weighted by Gasteiger charge is -2.00. The molecule has 0 radical (unpaired) electrons. The molecule has 0 bridgehead atoms. The van der Waals surface area contributed by atoms with Gasteiger partial charge in [0.05, 0.1) is 5.69 Å². The number of oxime groups is 1. The molecule has 5 heteroatoms. The van der Waals surface area contributed by atoms with Crippen molar-refractivity contribution in [2.24, 2.45) is 5.16 Å². The maximum atomic E-state index is 5.02. The van der Waals surface area contributed by atoms with Crippen molar-refractivity contribution in [3.8, 4) is 0 Å². The maximum absolute atomic E-state index is 5.02. The number of anilines is 1. The molecule has 5 nitrogen and oxygen atoms in total. The molecule has 1 aromatic rings. The SMILES string of the molecule is C/C=N/O/C(C)=C/c1cc(NC)ncn1. The van der Waals surface area contributed by atoms with Crippen molar-refractivity contribution in [3.05, 3.63) is 23.8 Å². The Morgan fingerprint density at radius 1 is 1.53 bits per heavy atom. The summed E-state index contributed by atoms with van der Waals surface area (Å²) in [5, 5.41) is 6.59. The Hall–Kier alpha value is -1.91. The average molecular weight is 206 g/mol. The standard InChI is InChI=1S/C10H14N4O/c1-4-14-15-8(2)5-9-6-10(11-3)13-7-12-9/h4-7H,1-3H3,(H,11,12,13)/b8-5+,14-4+. The Bertz CT molecular complexity index is 373. The molecule has 0 saturated carbocycles. The summed E-state index contributed by atoms with van der Waals surface area (Å²) in [6, 6.07) is 1.82. The van der Waals surface area contributed by atoms with Gasteiger partial charge in [-0.25, -0.2) is 9.97 Å². The molecule has 0 unspecified atom stereocenters. The Morgan fingerprint density at radius 3 is 3.00 bits per heavy atom. The van der Waals surface area contributed by atoms with Crippen molar-refractivity contribution in [1.29, 1.82) is 0 Å². The minimum Gasteiger partial charge on any atom is -0.373 e. The Balaban J connectivity index is 2.78. The van der Waals surface area contributed by atoms with E-state index in [0.717, 1.165) is 11.5 Å². The molecule has 1 aromatic heterocycles. The lowest BCUT2D eigenvalue weighted by Crippen LogP contribution is -1.94. The normalized spacial score (nSPS) is 11.8. The molecule has 1 N–H and O–H groups in total. The highest BCUT2D eigenvalue weighted by Gasteiger charge is 1.95. The van der Waals surface area contributed by atoms with Crippen LogP contribution in [0.25, 0.3) is 6.08 Å². The fraction of sp³-hybridized carbons (Fsp3) is 0.300. The molecule has 0 saturated heterocycles. The van der Waals surface area contributed by atoms with Crippen LogP contribution in [0.1, 0.15) is 19.5 Å². The summed E-state index contributed by atoms with van der Waals surface area (Å²) in [6.45, 7) is 3.60. The summed E-state index contributed by atoms with van der Waals surface area (Å²) in [6.07, 6.45) is 4.86. The van der Waals surface area contributed by atoms with Crippen molar-refractivity contribution in [2.45, 2.75) is 13.8 Å². The van der Waals surface area contributed by atoms with Gasteiger partial charge in [0.2, 0.25) is 0 Å². The third kappa shape index (κ3) is 3.76. The van der Waals surface area contributed by atoms with E-state index < -0.39 is 0 Å². The van der Waals surface area contributed by atoms with E-state index in [-0.39, 0.29) is 0 Å². The molecule has 0 aromatic carbocycles. The van der Waals surface area contributed by atoms with Crippen LogP contribution >= 0.6 is 0 Å². The van der Waals surface area contributed by atoms with E-state index in [9.17, 15) is 0 Å². The summed E-state index contributed by atoms with van der Waals surface area (Å²) in [4.78, 5) is 13.1. The fourth-order valence-electron chi connectivity index (χ4n) is 0.958. The lowest BCUT2D eigenvalue weighted by atomic mass is 10.3. The summed E-state index contributed by atoms with van der Waals surface area (Å²) in [5.74, 6) is 1.44. The van der Waals surface area contributed by atoms with Gasteiger partial charge in [-0.3, -0.25) is 0 Å². The van der Waals surface area contributed by atoms with Crippen molar-refractivity contribution >= 4 is 18.1 Å². The molecule has 0 amide bonds. The van der Waals surface area contributed by atoms with Crippen LogP contribution < -0.4 is 5.32 Å². The van der Waals surface area contributed by atoms with Crippen LogP contribution in [0.2, 0.25) is 0 Å². The van der Waals surface area contributed by atoms with Gasteiger partial charge in [0, 0.05) is 25.4 Å². The highest BCUT2D eigenvalue weighted by atomic mass is 16.6. The van der Waals surface area contributed by atoms with Crippen molar-refractivity contribution in [1.82, 2.24) is 9.97 Å². The third-order valence-electron chi connectivity index (χ3n) is 1.60. The first kappa shape index (κ1) is 11.2. The van der Waals surface area contributed by atoms with Gasteiger partial charge >= 0.3 is 0 Å². The second-order valence-electron chi connectivity index (χ2n) is 2.79. The minimum atomic E-state index is 0.675. The predicted molar refractivity (Wildman–Crippen MR) is 60.5 cm³/mol. The molecule has 0 spiro atoms. The topological polar surface area (TPSA) is 59.4 Å². The van der Waals surface area contributed by atoms with Gasteiger partial charge in [0.1, 0.15) is 17.9 Å². The quantitative estimate of drug-likeness (QED) is 0.464. The van der Waals surface area contributed by atoms with Crippen molar-refractivity contribution < 1.29 is 4.84 Å². The molecular weight excluding hydrogens is 192 g/mol. The van der Waals surface area contributed by atoms with Gasteiger partial charge in [-0.2, -0.15) is 0 Å². The van der Waals surface area contributed by atoms with E-state index in [1.165, 1.54) is 6.33 Å². The Labute approximate surface area is 88.9 Å². The molecule has 0 aliphatic rings. The van der Waals surface area contributed by atoms with Crippen LogP contribution in [0.5, 0.6) is 0 Å². The first-order chi connectivity index (χ1) is 7.26. The monoisotopic (exact) mass is 206 g/mol. The van der Waals surface area contributed by atoms with E-state index in [0.29, 0.717) is 5.76 Å². The maximum Gasteiger partial charge on any atom is 0.134 e. The molecular formula is C10H14N4O. The smallest absolute Gasteiger partial charge is 0.134 e. The molecule has 1 heterocycles. The third-order valence-corrected chi connectivity index (χ3v) is 1.60. The largest absolute Gasteiger partial charge is 0.373 e. The van der Waals surface area contributed by atoms with Crippen LogP contribution in [-0.4, -0.2) is 23.2 Å². The first-order valence-electron chi connectivity index (χ1n) is 4.59. The number of aromatic nitrogens is 2. The van der Waals surface area contributed by atoms with Crippen LogP contribution in [0.3, 0.4) is 0 Å². The second kappa shape index (κ2) is 5.74. The van der Waals surface area contributed by atoms with Gasteiger partial charge in [-0.05, 0) is 13.8 Å². The van der Waals surface area contributed by atoms with Gasteiger partial charge < -0.3 is 10.2 Å². The zero-order chi connectivity index (χ0) is 11.1. The van der Waals surface area contributed by atoms with E-state index in [1.54, 1.807) is 26.3 Å². The van der Waals surface area contributed by atoms with Crippen LogP contribution in [0, 0.1) is 0 Å². The molecule has 1 rings (SSSR count). The van der Waals surface area contributed by atoms with Gasteiger partial charge in [0.15, 0.2) is 0 Å². The van der Waals surface area contributed by atoms with E-state index in [2.05, 4.69) is 20.4 Å². The predicted octanol–water partition coefficient (Wildman–Crippen LogP) is 1.90. The molecule has 80 valence electrons. The van der Waals surface area contributed by atoms with E-state index in [4.69, 9.17) is 4.84 Å². The highest BCUT2D eigenvalue weighted by Crippen LogP contribution is 2.08. The number of nitrogens with one attached hydrogen (secondary N) is 1. The Kier molecular flexibility index (Phi) is 4.28. The fourth-order valence-corrected chi connectivity index (χ4v) is 0.958. The Morgan fingerprint density at radius 2 is 2.33 bits per heavy atom. The number of nitrogens with zero attached hydrogens (tertiary/aromatic N) is 3. The van der Waals surface area contributed by atoms with Crippen molar-refractivity contribution in [2.75, 3.05) is 12.4 Å². The van der Waals surface area contributed by atoms with E-state index in [1.807, 2.05) is 13.0 Å². The number of allylic oxidation sites excluding steroid dienone is 1. The number of hydrogen-bond acceptors (Lipinski definition) is 5. The molecule has 0 aliphatic heterocycles. The molecule has 0 atom stereocenters. The lowest BCUT2D eigenvalue weighted by molar-refractivity contribution is 0.234. The van der Waals surface area contributed by atoms with Crippen LogP contribution in [0.4, 0.5) is 5.82 Å². The van der Waals surface area contributed by atoms with Gasteiger partial charge in [-0.1, -0.05) is 5.16 Å². The van der Waals surface area contributed by atoms with Gasteiger partial charge in [-0.15, -0.1) is 0 Å². The van der Waals surface area contributed by atoms with Crippen LogP contribution in [0.15, 0.2) is 23.3 Å². The summed E-state index contributed by atoms with van der Waals surface area (Å²) in [5.41, 5.74) is 0.776. The number of rotatable bonds is 4.